The summed E-state index contributed by atoms with van der Waals surface area (Å²) in [6.07, 6.45) is -0.000800. The third kappa shape index (κ3) is 6.00. The maximum Gasteiger partial charge on any atom is 0.165 e. The highest BCUT2D eigenvalue weighted by atomic mass is 19.1. The van der Waals surface area contributed by atoms with E-state index in [1.807, 2.05) is 0 Å². The van der Waals surface area contributed by atoms with Crippen molar-refractivity contribution in [2.24, 2.45) is 0 Å². The zero-order valence-electron chi connectivity index (χ0n) is 11.4. The highest BCUT2D eigenvalue weighted by Crippen LogP contribution is 2.21. The van der Waals surface area contributed by atoms with Crippen LogP contribution in [0.4, 0.5) is 4.39 Å². The first-order valence-electron chi connectivity index (χ1n) is 6.32. The number of ether oxygens (including phenoxy) is 3. The zero-order valence-corrected chi connectivity index (χ0v) is 11.4. The first-order valence-corrected chi connectivity index (χ1v) is 6.32. The summed E-state index contributed by atoms with van der Waals surface area (Å²) >= 11 is 0. The van der Waals surface area contributed by atoms with Crippen molar-refractivity contribution < 1.29 is 23.7 Å². The minimum atomic E-state index is -0.683. The molecule has 1 aromatic carbocycles. The van der Waals surface area contributed by atoms with Crippen molar-refractivity contribution in [1.29, 1.82) is 0 Å². The predicted molar refractivity (Wildman–Crippen MR) is 69.8 cm³/mol. The molecule has 0 amide bonds. The van der Waals surface area contributed by atoms with Crippen LogP contribution in [-0.4, -0.2) is 38.6 Å². The van der Waals surface area contributed by atoms with Gasteiger partial charge in [-0.1, -0.05) is 6.07 Å². The van der Waals surface area contributed by atoms with Crippen molar-refractivity contribution in [3.63, 3.8) is 0 Å². The van der Waals surface area contributed by atoms with Gasteiger partial charge in [0.15, 0.2) is 11.6 Å². The lowest BCUT2D eigenvalue weighted by Gasteiger charge is -2.10. The highest BCUT2D eigenvalue weighted by molar-refractivity contribution is 5.30. The van der Waals surface area contributed by atoms with Gasteiger partial charge in [0.25, 0.3) is 0 Å². The molecule has 5 heteroatoms. The summed E-state index contributed by atoms with van der Waals surface area (Å²) in [6, 6.07) is 4.47. The number of aliphatic hydroxyl groups is 1. The normalized spacial score (nSPS) is 12.4. The largest absolute Gasteiger partial charge is 0.490 e. The quantitative estimate of drug-likeness (QED) is 0.701. The van der Waals surface area contributed by atoms with E-state index >= 15 is 0 Å². The number of aliphatic hydroxyl groups excluding tert-OH is 1. The van der Waals surface area contributed by atoms with Gasteiger partial charge in [-0.2, -0.15) is 0 Å². The molecule has 0 saturated heterocycles. The van der Waals surface area contributed by atoms with Gasteiger partial charge in [-0.25, -0.2) is 4.39 Å². The van der Waals surface area contributed by atoms with Gasteiger partial charge in [-0.3, -0.25) is 0 Å². The van der Waals surface area contributed by atoms with Crippen LogP contribution in [0.3, 0.4) is 0 Å². The van der Waals surface area contributed by atoms with E-state index in [4.69, 9.17) is 14.2 Å². The van der Waals surface area contributed by atoms with Crippen LogP contribution in [0, 0.1) is 5.82 Å². The molecule has 0 saturated carbocycles. The third-order valence-electron chi connectivity index (χ3n) is 2.56. The van der Waals surface area contributed by atoms with E-state index < -0.39 is 11.9 Å². The van der Waals surface area contributed by atoms with Crippen molar-refractivity contribution in [3.05, 3.63) is 29.6 Å². The van der Waals surface area contributed by atoms with Crippen molar-refractivity contribution >= 4 is 0 Å². The van der Waals surface area contributed by atoms with Crippen molar-refractivity contribution in [2.75, 3.05) is 33.5 Å². The fourth-order valence-corrected chi connectivity index (χ4v) is 1.48. The summed E-state index contributed by atoms with van der Waals surface area (Å²) in [4.78, 5) is 0. The van der Waals surface area contributed by atoms with Crippen LogP contribution in [-0.2, 0) is 9.47 Å². The van der Waals surface area contributed by atoms with Gasteiger partial charge >= 0.3 is 0 Å². The van der Waals surface area contributed by atoms with Crippen LogP contribution in [0.25, 0.3) is 0 Å². The van der Waals surface area contributed by atoms with Crippen LogP contribution < -0.4 is 4.74 Å². The molecule has 0 bridgehead atoms. The second-order valence-electron chi connectivity index (χ2n) is 4.17. The summed E-state index contributed by atoms with van der Waals surface area (Å²) in [5.74, 6) is -0.264. The number of hydrogen-bond acceptors (Lipinski definition) is 4. The molecule has 1 N–H and O–H groups in total. The topological polar surface area (TPSA) is 47.9 Å². The molecule has 1 aromatic rings. The van der Waals surface area contributed by atoms with Gasteiger partial charge in [-0.05, 0) is 24.6 Å². The molecule has 0 aliphatic heterocycles. The number of halogens is 1. The molecular weight excluding hydrogens is 251 g/mol. The average molecular weight is 272 g/mol. The van der Waals surface area contributed by atoms with E-state index in [9.17, 15) is 9.50 Å². The molecule has 108 valence electrons. The van der Waals surface area contributed by atoms with Gasteiger partial charge in [0.2, 0.25) is 0 Å². The maximum atomic E-state index is 13.6. The maximum absolute atomic E-state index is 13.6. The number of rotatable bonds is 9. The minimum Gasteiger partial charge on any atom is -0.490 e. The van der Waals surface area contributed by atoms with Gasteiger partial charge in [-0.15, -0.1) is 0 Å². The number of methoxy groups -OCH3 is 1. The van der Waals surface area contributed by atoms with Gasteiger partial charge < -0.3 is 19.3 Å². The Bertz CT molecular complexity index is 368. The molecule has 0 radical (unpaired) electrons. The van der Waals surface area contributed by atoms with Crippen LogP contribution in [0.5, 0.6) is 5.75 Å². The SMILES string of the molecule is COCCOCCCOc1ccc([C@H](C)O)cc1F. The molecule has 0 heterocycles. The first-order chi connectivity index (χ1) is 9.15. The lowest BCUT2D eigenvalue weighted by Crippen LogP contribution is -2.07. The summed E-state index contributed by atoms with van der Waals surface area (Å²) in [5.41, 5.74) is 0.535. The third-order valence-corrected chi connectivity index (χ3v) is 2.56. The average Bonchev–Trinajstić information content (AvgIpc) is 2.39. The van der Waals surface area contributed by atoms with Crippen LogP contribution in [0.15, 0.2) is 18.2 Å². The Kier molecular flexibility index (Phi) is 7.40. The van der Waals surface area contributed by atoms with E-state index in [0.29, 0.717) is 38.4 Å². The molecule has 0 fully saturated rings. The Labute approximate surface area is 113 Å². The van der Waals surface area contributed by atoms with E-state index in [1.54, 1.807) is 20.1 Å². The molecular formula is C14H21FO4. The summed E-state index contributed by atoms with van der Waals surface area (Å²) in [6.45, 7) is 3.64. The first kappa shape index (κ1) is 15.9. The molecule has 0 aliphatic rings. The monoisotopic (exact) mass is 272 g/mol. The smallest absolute Gasteiger partial charge is 0.165 e. The summed E-state index contributed by atoms with van der Waals surface area (Å²) < 4.78 is 29.0. The van der Waals surface area contributed by atoms with Crippen LogP contribution in [0.1, 0.15) is 25.0 Å². The Morgan fingerprint density at radius 3 is 2.63 bits per heavy atom. The lowest BCUT2D eigenvalue weighted by molar-refractivity contribution is 0.0642. The molecule has 0 spiro atoms. The summed E-state index contributed by atoms with van der Waals surface area (Å²) in [5, 5.41) is 9.32. The molecule has 4 nitrogen and oxygen atoms in total. The van der Waals surface area contributed by atoms with Crippen LogP contribution in [0.2, 0.25) is 0 Å². The second kappa shape index (κ2) is 8.85. The van der Waals surface area contributed by atoms with Gasteiger partial charge in [0.05, 0.1) is 25.9 Å². The highest BCUT2D eigenvalue weighted by Gasteiger charge is 2.07. The van der Waals surface area contributed by atoms with Crippen LogP contribution >= 0.6 is 0 Å². The number of hydrogen-bond donors (Lipinski definition) is 1. The summed E-state index contributed by atoms with van der Waals surface area (Å²) in [7, 11) is 1.62. The molecule has 1 rings (SSSR count). The molecule has 0 aromatic heterocycles. The molecule has 0 aliphatic carbocycles. The van der Waals surface area contributed by atoms with E-state index in [-0.39, 0.29) is 5.75 Å². The Morgan fingerprint density at radius 2 is 2.00 bits per heavy atom. The van der Waals surface area contributed by atoms with E-state index in [1.165, 1.54) is 12.1 Å². The lowest BCUT2D eigenvalue weighted by atomic mass is 10.1. The van der Waals surface area contributed by atoms with E-state index in [0.717, 1.165) is 0 Å². The molecule has 1 atom stereocenters. The Hall–Kier alpha value is -1.17. The van der Waals surface area contributed by atoms with E-state index in [2.05, 4.69) is 0 Å². The second-order valence-corrected chi connectivity index (χ2v) is 4.17. The zero-order chi connectivity index (χ0) is 14.1. The Morgan fingerprint density at radius 1 is 1.21 bits per heavy atom. The molecule has 0 unspecified atom stereocenters. The fourth-order valence-electron chi connectivity index (χ4n) is 1.48. The number of benzene rings is 1. The van der Waals surface area contributed by atoms with Gasteiger partial charge in [0, 0.05) is 20.1 Å². The van der Waals surface area contributed by atoms with Crippen molar-refractivity contribution in [3.8, 4) is 5.75 Å². The Balaban J connectivity index is 2.26. The fraction of sp³-hybridized carbons (Fsp3) is 0.571. The molecule has 19 heavy (non-hydrogen) atoms. The van der Waals surface area contributed by atoms with Crippen molar-refractivity contribution in [2.45, 2.75) is 19.4 Å². The predicted octanol–water partition coefficient (Wildman–Crippen LogP) is 2.31. The van der Waals surface area contributed by atoms with Gasteiger partial charge in [0.1, 0.15) is 0 Å². The standard InChI is InChI=1S/C14H21FO4/c1-11(16)12-4-5-14(13(15)10-12)19-7-3-6-18-9-8-17-2/h4-5,10-11,16H,3,6-9H2,1-2H3/t11-/m0/s1. The minimum absolute atomic E-state index is 0.196. The van der Waals surface area contributed by atoms with Crippen molar-refractivity contribution in [1.82, 2.24) is 0 Å².